The van der Waals surface area contributed by atoms with E-state index in [-0.39, 0.29) is 17.6 Å². The predicted molar refractivity (Wildman–Crippen MR) is 102 cm³/mol. The summed E-state index contributed by atoms with van der Waals surface area (Å²) in [5.41, 5.74) is 0. The van der Waals surface area contributed by atoms with Gasteiger partial charge in [0.1, 0.15) is 0 Å². The fourth-order valence-electron chi connectivity index (χ4n) is 3.76. The first-order valence-electron chi connectivity index (χ1n) is 8.93. The molecule has 7 nitrogen and oxygen atoms in total. The predicted octanol–water partition coefficient (Wildman–Crippen LogP) is 0.537. The Balaban J connectivity index is 1.53. The first-order valence-corrected chi connectivity index (χ1v) is 11.4. The second-order valence-corrected chi connectivity index (χ2v) is 10.5. The summed E-state index contributed by atoms with van der Waals surface area (Å²) >= 11 is 1.46. The van der Waals surface area contributed by atoms with E-state index in [9.17, 15) is 18.3 Å². The molecule has 9 heteroatoms. The van der Waals surface area contributed by atoms with Gasteiger partial charge in [-0.05, 0) is 24.3 Å². The smallest absolute Gasteiger partial charge is 0.263 e. The molecule has 2 saturated heterocycles. The molecule has 3 rings (SSSR count). The number of sulfonamides is 1. The van der Waals surface area contributed by atoms with Gasteiger partial charge in [0.05, 0.1) is 16.7 Å². The van der Waals surface area contributed by atoms with Crippen LogP contribution in [0.5, 0.6) is 0 Å². The maximum absolute atomic E-state index is 12.4. The van der Waals surface area contributed by atoms with Crippen LogP contribution < -0.4 is 0 Å². The van der Waals surface area contributed by atoms with Gasteiger partial charge in [-0.1, -0.05) is 6.07 Å². The molecule has 3 heterocycles. The number of aliphatic hydroxyl groups excluding tert-OH is 1. The van der Waals surface area contributed by atoms with E-state index < -0.39 is 16.1 Å². The van der Waals surface area contributed by atoms with Crippen molar-refractivity contribution >= 4 is 27.3 Å². The van der Waals surface area contributed by atoms with Gasteiger partial charge in [-0.15, -0.1) is 11.3 Å². The second kappa shape index (κ2) is 7.93. The Morgan fingerprint density at radius 3 is 2.58 bits per heavy atom. The summed E-state index contributed by atoms with van der Waals surface area (Å²) in [6.07, 6.45) is 1.10. The lowest BCUT2D eigenvalue weighted by atomic mass is 10.0. The molecule has 0 aromatic carbocycles. The van der Waals surface area contributed by atoms with Gasteiger partial charge in [0.25, 0.3) is 5.91 Å². The molecule has 1 aromatic rings. The fraction of sp³-hybridized carbons (Fsp3) is 0.706. The summed E-state index contributed by atoms with van der Waals surface area (Å²) in [5.74, 6) is -0.184. The Kier molecular flexibility index (Phi) is 6.03. The summed E-state index contributed by atoms with van der Waals surface area (Å²) in [7, 11) is -0.274. The van der Waals surface area contributed by atoms with Crippen molar-refractivity contribution in [1.29, 1.82) is 0 Å². The highest BCUT2D eigenvalue weighted by Crippen LogP contribution is 2.27. The normalized spacial score (nSPS) is 25.9. The third kappa shape index (κ3) is 4.28. The van der Waals surface area contributed by atoms with Crippen LogP contribution in [-0.4, -0.2) is 91.7 Å². The Hall–Kier alpha value is -1.00. The number of β-amino-alcohol motifs (C(OH)–C–C–N with tert-alkyl or cyclic N) is 1. The first kappa shape index (κ1) is 19.8. The molecule has 2 aliphatic rings. The lowest BCUT2D eigenvalue weighted by Crippen LogP contribution is -2.46. The number of nitrogens with zero attached hydrogens (tertiary/aromatic N) is 3. The number of amides is 1. The third-order valence-corrected chi connectivity index (χ3v) is 8.24. The van der Waals surface area contributed by atoms with E-state index in [1.165, 1.54) is 29.7 Å². The molecule has 0 unspecified atom stereocenters. The van der Waals surface area contributed by atoms with Gasteiger partial charge in [0.15, 0.2) is 0 Å². The Morgan fingerprint density at radius 1 is 1.31 bits per heavy atom. The third-order valence-electron chi connectivity index (χ3n) is 5.42. The average molecular weight is 402 g/mol. The molecule has 2 aliphatic heterocycles. The van der Waals surface area contributed by atoms with E-state index in [4.69, 9.17) is 0 Å². The standard InChI is InChI=1S/C17H27N3O4S2/c1-18(2)26(23,24)12-13-10-20(11-15(13)21)14-5-7-19(8-6-14)17(22)16-4-3-9-25-16/h3-4,9,13-15,21H,5-8,10-12H2,1-2H3/t13-,15-/m0/s1. The molecule has 1 N–H and O–H groups in total. The molecule has 0 saturated carbocycles. The zero-order valence-electron chi connectivity index (χ0n) is 15.2. The zero-order valence-corrected chi connectivity index (χ0v) is 16.9. The van der Waals surface area contributed by atoms with Gasteiger partial charge >= 0.3 is 0 Å². The highest BCUT2D eigenvalue weighted by Gasteiger charge is 2.39. The van der Waals surface area contributed by atoms with Crippen LogP contribution in [0.2, 0.25) is 0 Å². The summed E-state index contributed by atoms with van der Waals surface area (Å²) < 4.78 is 25.4. The van der Waals surface area contributed by atoms with E-state index in [1.807, 2.05) is 22.4 Å². The molecule has 1 aromatic heterocycles. The molecule has 0 aliphatic carbocycles. The maximum atomic E-state index is 12.4. The van der Waals surface area contributed by atoms with E-state index in [1.54, 1.807) is 0 Å². The van der Waals surface area contributed by atoms with E-state index in [0.717, 1.165) is 17.7 Å². The fourth-order valence-corrected chi connectivity index (χ4v) is 5.62. The number of likely N-dealkylation sites (tertiary alicyclic amines) is 2. The maximum Gasteiger partial charge on any atom is 0.263 e. The second-order valence-electron chi connectivity index (χ2n) is 7.34. The van der Waals surface area contributed by atoms with Gasteiger partial charge in [0, 0.05) is 52.2 Å². The SMILES string of the molecule is CN(C)S(=O)(=O)C[C@@H]1CN(C2CCN(C(=O)c3cccs3)CC2)C[C@@H]1O. The number of hydrogen-bond donors (Lipinski definition) is 1. The quantitative estimate of drug-likeness (QED) is 0.779. The van der Waals surface area contributed by atoms with Crippen molar-refractivity contribution in [1.82, 2.24) is 14.1 Å². The monoisotopic (exact) mass is 401 g/mol. The number of rotatable bonds is 5. The minimum atomic E-state index is -3.32. The van der Waals surface area contributed by atoms with Crippen LogP contribution in [0.1, 0.15) is 22.5 Å². The van der Waals surface area contributed by atoms with Crippen LogP contribution in [0, 0.1) is 5.92 Å². The molecule has 0 radical (unpaired) electrons. The highest BCUT2D eigenvalue weighted by molar-refractivity contribution is 7.89. The number of carbonyl (C=O) groups is 1. The topological polar surface area (TPSA) is 81.2 Å². The van der Waals surface area contributed by atoms with Crippen molar-refractivity contribution in [2.75, 3.05) is 46.0 Å². The van der Waals surface area contributed by atoms with Crippen molar-refractivity contribution in [3.05, 3.63) is 22.4 Å². The lowest BCUT2D eigenvalue weighted by molar-refractivity contribution is 0.0632. The van der Waals surface area contributed by atoms with Crippen molar-refractivity contribution in [3.63, 3.8) is 0 Å². The number of hydrogen-bond acceptors (Lipinski definition) is 6. The van der Waals surface area contributed by atoms with Crippen molar-refractivity contribution in [2.45, 2.75) is 25.0 Å². The number of aliphatic hydroxyl groups is 1. The van der Waals surface area contributed by atoms with Gasteiger partial charge in [-0.2, -0.15) is 0 Å². The van der Waals surface area contributed by atoms with Crippen LogP contribution in [0.15, 0.2) is 17.5 Å². The number of carbonyl (C=O) groups excluding carboxylic acids is 1. The van der Waals surface area contributed by atoms with Gasteiger partial charge in [-0.25, -0.2) is 12.7 Å². The summed E-state index contributed by atoms with van der Waals surface area (Å²) in [5, 5.41) is 12.2. The highest BCUT2D eigenvalue weighted by atomic mass is 32.2. The Bertz CT molecular complexity index is 712. The largest absolute Gasteiger partial charge is 0.391 e. The van der Waals surface area contributed by atoms with Gasteiger partial charge in [-0.3, -0.25) is 9.69 Å². The van der Waals surface area contributed by atoms with Crippen LogP contribution in [0.4, 0.5) is 0 Å². The average Bonchev–Trinajstić information content (AvgIpc) is 3.25. The summed E-state index contributed by atoms with van der Waals surface area (Å²) in [6, 6.07) is 4.04. The van der Waals surface area contributed by atoms with Crippen LogP contribution in [-0.2, 0) is 10.0 Å². The molecule has 146 valence electrons. The molecule has 2 atom stereocenters. The Labute approximate surface area is 159 Å². The molecular formula is C17H27N3O4S2. The molecule has 0 bridgehead atoms. The summed E-state index contributed by atoms with van der Waals surface area (Å²) in [6.45, 7) is 2.51. The molecular weight excluding hydrogens is 374 g/mol. The van der Waals surface area contributed by atoms with E-state index in [2.05, 4.69) is 4.90 Å². The lowest BCUT2D eigenvalue weighted by Gasteiger charge is -2.36. The van der Waals surface area contributed by atoms with Crippen molar-refractivity contribution < 1.29 is 18.3 Å². The minimum absolute atomic E-state index is 0.0205. The number of piperidine rings is 1. The van der Waals surface area contributed by atoms with Crippen LogP contribution in [0.25, 0.3) is 0 Å². The molecule has 1 amide bonds. The van der Waals surface area contributed by atoms with Gasteiger partial charge < -0.3 is 10.0 Å². The minimum Gasteiger partial charge on any atom is -0.391 e. The van der Waals surface area contributed by atoms with Crippen LogP contribution in [0.3, 0.4) is 0 Å². The molecule has 2 fully saturated rings. The number of thiophene rings is 1. The van der Waals surface area contributed by atoms with Crippen molar-refractivity contribution in [3.8, 4) is 0 Å². The van der Waals surface area contributed by atoms with Gasteiger partial charge in [0.2, 0.25) is 10.0 Å². The van der Waals surface area contributed by atoms with Crippen molar-refractivity contribution in [2.24, 2.45) is 5.92 Å². The summed E-state index contributed by atoms with van der Waals surface area (Å²) in [4.78, 5) is 17.3. The van der Waals surface area contributed by atoms with Crippen LogP contribution >= 0.6 is 11.3 Å². The Morgan fingerprint density at radius 2 is 2.00 bits per heavy atom. The molecule has 26 heavy (non-hydrogen) atoms. The van der Waals surface area contributed by atoms with E-state index in [0.29, 0.717) is 32.2 Å². The zero-order chi connectivity index (χ0) is 18.9. The molecule has 0 spiro atoms. The first-order chi connectivity index (χ1) is 12.3. The van der Waals surface area contributed by atoms with E-state index >= 15 is 0 Å².